The molecule has 0 radical (unpaired) electrons. The number of aromatic amines is 1. The van der Waals surface area contributed by atoms with Gasteiger partial charge in [0, 0.05) is 12.7 Å². The van der Waals surface area contributed by atoms with E-state index in [1.54, 1.807) is 18.6 Å². The van der Waals surface area contributed by atoms with E-state index in [1.165, 1.54) is 6.26 Å². The van der Waals surface area contributed by atoms with Crippen molar-refractivity contribution in [3.63, 3.8) is 0 Å². The predicted molar refractivity (Wildman–Crippen MR) is 87.5 cm³/mol. The topological polar surface area (TPSA) is 110 Å². The van der Waals surface area contributed by atoms with E-state index in [1.807, 2.05) is 10.9 Å². The van der Waals surface area contributed by atoms with E-state index in [9.17, 15) is 0 Å². The lowest BCUT2D eigenvalue weighted by molar-refractivity contribution is 0.483. The zero-order chi connectivity index (χ0) is 16.5. The molecular weight excluding hydrogens is 308 g/mol. The highest BCUT2D eigenvalue weighted by Crippen LogP contribution is 2.25. The minimum atomic E-state index is 0.358. The van der Waals surface area contributed by atoms with Crippen LogP contribution in [0.2, 0.25) is 0 Å². The maximum Gasteiger partial charge on any atom is 0.264 e. The standard InChI is InChI=1S/C15H16N8O/c1-9(2)7-23-8-10(5-18-23)19-13-12-11(6-17-22-12)20-14(21-13)15-16-3-4-24-15/h3-6,8-9H,7H2,1-2H3,(H,17,22)(H,19,20,21). The molecular formula is C15H16N8O. The van der Waals surface area contributed by atoms with Gasteiger partial charge in [-0.15, -0.1) is 0 Å². The number of rotatable bonds is 5. The highest BCUT2D eigenvalue weighted by Gasteiger charge is 2.14. The van der Waals surface area contributed by atoms with Gasteiger partial charge in [0.1, 0.15) is 17.3 Å². The minimum Gasteiger partial charge on any atom is -0.442 e. The van der Waals surface area contributed by atoms with Crippen molar-refractivity contribution < 1.29 is 4.42 Å². The summed E-state index contributed by atoms with van der Waals surface area (Å²) < 4.78 is 7.18. The summed E-state index contributed by atoms with van der Waals surface area (Å²) in [5, 5.41) is 14.5. The van der Waals surface area contributed by atoms with Gasteiger partial charge in [-0.05, 0) is 5.92 Å². The first-order valence-electron chi connectivity index (χ1n) is 7.59. The van der Waals surface area contributed by atoms with Gasteiger partial charge in [0.25, 0.3) is 5.89 Å². The number of nitrogens with one attached hydrogen (secondary N) is 2. The van der Waals surface area contributed by atoms with Crippen LogP contribution in [0.25, 0.3) is 22.7 Å². The Balaban J connectivity index is 1.70. The molecule has 0 atom stereocenters. The van der Waals surface area contributed by atoms with Crippen molar-refractivity contribution in [2.75, 3.05) is 5.32 Å². The van der Waals surface area contributed by atoms with Crippen LogP contribution in [0.4, 0.5) is 11.5 Å². The third-order valence-electron chi connectivity index (χ3n) is 3.37. The van der Waals surface area contributed by atoms with Crippen molar-refractivity contribution in [1.29, 1.82) is 0 Å². The molecule has 0 bridgehead atoms. The van der Waals surface area contributed by atoms with Crippen LogP contribution in [-0.4, -0.2) is 34.9 Å². The Labute approximate surface area is 137 Å². The molecule has 0 aliphatic heterocycles. The zero-order valence-electron chi connectivity index (χ0n) is 13.3. The average Bonchev–Trinajstić information content (AvgIpc) is 3.27. The fraction of sp³-hybridized carbons (Fsp3) is 0.267. The molecule has 0 saturated heterocycles. The molecule has 122 valence electrons. The number of nitrogens with zero attached hydrogens (tertiary/aromatic N) is 6. The first-order valence-corrected chi connectivity index (χ1v) is 7.59. The van der Waals surface area contributed by atoms with Crippen LogP contribution in [0.15, 0.2) is 35.5 Å². The number of aromatic nitrogens is 7. The van der Waals surface area contributed by atoms with Gasteiger partial charge in [-0.3, -0.25) is 9.78 Å². The molecule has 4 aromatic heterocycles. The minimum absolute atomic E-state index is 0.358. The van der Waals surface area contributed by atoms with E-state index in [4.69, 9.17) is 4.42 Å². The van der Waals surface area contributed by atoms with Gasteiger partial charge in [0.2, 0.25) is 5.82 Å². The first kappa shape index (κ1) is 14.4. The second-order valence-electron chi connectivity index (χ2n) is 5.83. The highest BCUT2D eigenvalue weighted by atomic mass is 16.3. The Morgan fingerprint density at radius 2 is 2.21 bits per heavy atom. The second-order valence-corrected chi connectivity index (χ2v) is 5.83. The number of oxazole rings is 1. The molecule has 0 fully saturated rings. The molecule has 0 spiro atoms. The molecule has 24 heavy (non-hydrogen) atoms. The molecule has 0 aliphatic carbocycles. The Kier molecular flexibility index (Phi) is 3.45. The number of hydrogen-bond donors (Lipinski definition) is 2. The SMILES string of the molecule is CC(C)Cn1cc(Nc2nc(-c3ncco3)nc3cn[nH]c23)cn1. The van der Waals surface area contributed by atoms with E-state index in [2.05, 4.69) is 49.4 Å². The van der Waals surface area contributed by atoms with Crippen molar-refractivity contribution in [1.82, 2.24) is 34.9 Å². The van der Waals surface area contributed by atoms with Crippen LogP contribution in [0.3, 0.4) is 0 Å². The molecule has 9 nitrogen and oxygen atoms in total. The summed E-state index contributed by atoms with van der Waals surface area (Å²) in [6.45, 7) is 5.15. The van der Waals surface area contributed by atoms with Crippen LogP contribution >= 0.6 is 0 Å². The maximum atomic E-state index is 5.29. The number of anilines is 2. The molecule has 0 aromatic carbocycles. The molecule has 4 aromatic rings. The summed E-state index contributed by atoms with van der Waals surface area (Å²) in [5.41, 5.74) is 2.22. The summed E-state index contributed by atoms with van der Waals surface area (Å²) in [5.74, 6) is 1.87. The maximum absolute atomic E-state index is 5.29. The van der Waals surface area contributed by atoms with E-state index < -0.39 is 0 Å². The lowest BCUT2D eigenvalue weighted by Crippen LogP contribution is -2.04. The van der Waals surface area contributed by atoms with Crippen LogP contribution in [0.1, 0.15) is 13.8 Å². The van der Waals surface area contributed by atoms with Crippen molar-refractivity contribution in [2.24, 2.45) is 5.92 Å². The smallest absolute Gasteiger partial charge is 0.264 e. The summed E-state index contributed by atoms with van der Waals surface area (Å²) in [7, 11) is 0. The molecule has 0 amide bonds. The quantitative estimate of drug-likeness (QED) is 0.580. The van der Waals surface area contributed by atoms with Gasteiger partial charge in [-0.25, -0.2) is 15.0 Å². The average molecular weight is 324 g/mol. The van der Waals surface area contributed by atoms with Crippen LogP contribution < -0.4 is 5.32 Å². The Morgan fingerprint density at radius 3 is 3.00 bits per heavy atom. The van der Waals surface area contributed by atoms with Crippen LogP contribution in [0, 0.1) is 5.92 Å². The summed E-state index contributed by atoms with van der Waals surface area (Å²) >= 11 is 0. The first-order chi connectivity index (χ1) is 11.7. The summed E-state index contributed by atoms with van der Waals surface area (Å²) in [6, 6.07) is 0. The van der Waals surface area contributed by atoms with Gasteiger partial charge in [-0.1, -0.05) is 13.8 Å². The van der Waals surface area contributed by atoms with Crippen molar-refractivity contribution in [2.45, 2.75) is 20.4 Å². The largest absolute Gasteiger partial charge is 0.442 e. The van der Waals surface area contributed by atoms with E-state index in [0.29, 0.717) is 34.5 Å². The monoisotopic (exact) mass is 324 g/mol. The molecule has 9 heteroatoms. The van der Waals surface area contributed by atoms with Crippen LogP contribution in [0.5, 0.6) is 0 Å². The van der Waals surface area contributed by atoms with E-state index in [-0.39, 0.29) is 0 Å². The second kappa shape index (κ2) is 5.76. The Morgan fingerprint density at radius 1 is 1.29 bits per heavy atom. The highest BCUT2D eigenvalue weighted by molar-refractivity contribution is 5.87. The number of fused-ring (bicyclic) bond motifs is 1. The predicted octanol–water partition coefficient (Wildman–Crippen LogP) is 2.60. The lowest BCUT2D eigenvalue weighted by atomic mass is 10.2. The van der Waals surface area contributed by atoms with E-state index in [0.717, 1.165) is 12.2 Å². The zero-order valence-corrected chi connectivity index (χ0v) is 13.3. The van der Waals surface area contributed by atoms with Crippen molar-refractivity contribution >= 4 is 22.5 Å². The fourth-order valence-corrected chi connectivity index (χ4v) is 2.40. The normalized spacial score (nSPS) is 11.5. The summed E-state index contributed by atoms with van der Waals surface area (Å²) in [6.07, 6.45) is 8.38. The van der Waals surface area contributed by atoms with E-state index >= 15 is 0 Å². The third kappa shape index (κ3) is 2.71. The van der Waals surface area contributed by atoms with Gasteiger partial charge < -0.3 is 9.73 Å². The number of hydrogen-bond acceptors (Lipinski definition) is 7. The van der Waals surface area contributed by atoms with Gasteiger partial charge in [0.15, 0.2) is 5.82 Å². The van der Waals surface area contributed by atoms with Gasteiger partial charge >= 0.3 is 0 Å². The molecule has 0 saturated carbocycles. The molecule has 4 rings (SSSR count). The Bertz CT molecular complexity index is 953. The van der Waals surface area contributed by atoms with Crippen molar-refractivity contribution in [3.05, 3.63) is 31.1 Å². The molecule has 4 heterocycles. The Hall–Kier alpha value is -3.23. The van der Waals surface area contributed by atoms with Gasteiger partial charge in [0.05, 0.1) is 24.3 Å². The lowest BCUT2D eigenvalue weighted by Gasteiger charge is -2.06. The molecule has 0 aliphatic rings. The summed E-state index contributed by atoms with van der Waals surface area (Å²) in [4.78, 5) is 13.0. The molecule has 2 N–H and O–H groups in total. The van der Waals surface area contributed by atoms with Crippen molar-refractivity contribution in [3.8, 4) is 11.7 Å². The number of H-pyrrole nitrogens is 1. The molecule has 0 unspecified atom stereocenters. The van der Waals surface area contributed by atoms with Crippen LogP contribution in [-0.2, 0) is 6.54 Å². The van der Waals surface area contributed by atoms with Gasteiger partial charge in [-0.2, -0.15) is 10.2 Å². The third-order valence-corrected chi connectivity index (χ3v) is 3.37. The fourth-order valence-electron chi connectivity index (χ4n) is 2.40.